The fraction of sp³-hybridized carbons (Fsp3) is 0.304. The lowest BCUT2D eigenvalue weighted by Gasteiger charge is -2.22. The summed E-state index contributed by atoms with van der Waals surface area (Å²) in [6, 6.07) is 12.2. The van der Waals surface area contributed by atoms with Gasteiger partial charge in [-0.3, -0.25) is 9.59 Å². The van der Waals surface area contributed by atoms with Crippen LogP contribution in [0.2, 0.25) is 5.02 Å². The van der Waals surface area contributed by atoms with E-state index in [0.29, 0.717) is 21.6 Å². The number of carbonyl (C=O) groups excluding carboxylic acids is 2. The van der Waals surface area contributed by atoms with Crippen molar-refractivity contribution in [1.29, 1.82) is 0 Å². The van der Waals surface area contributed by atoms with Gasteiger partial charge in [-0.25, -0.2) is 0 Å². The molecule has 33 heavy (non-hydrogen) atoms. The molecule has 0 spiro atoms. The third-order valence-electron chi connectivity index (χ3n) is 5.01. The van der Waals surface area contributed by atoms with E-state index >= 15 is 0 Å². The summed E-state index contributed by atoms with van der Waals surface area (Å²) in [7, 11) is 1.82. The maximum absolute atomic E-state index is 12.8. The molecule has 2 aromatic carbocycles. The number of rotatable bonds is 8. The quantitative estimate of drug-likeness (QED) is 0.367. The van der Waals surface area contributed by atoms with Crippen molar-refractivity contribution >= 4 is 56.8 Å². The van der Waals surface area contributed by atoms with Crippen LogP contribution in [-0.4, -0.2) is 32.3 Å². The molecular formula is C23H25BrClN5O2S. The van der Waals surface area contributed by atoms with Crippen LogP contribution in [-0.2, 0) is 11.8 Å². The molecular weight excluding hydrogens is 526 g/mol. The average molecular weight is 551 g/mol. The molecule has 0 unspecified atom stereocenters. The minimum atomic E-state index is -0.375. The van der Waals surface area contributed by atoms with Gasteiger partial charge in [0.25, 0.3) is 5.91 Å². The van der Waals surface area contributed by atoms with Crippen molar-refractivity contribution in [3.05, 3.63) is 68.9 Å². The van der Waals surface area contributed by atoms with Gasteiger partial charge in [0.05, 0.1) is 22.4 Å². The number of hydrogen-bond donors (Lipinski definition) is 2. The molecule has 3 rings (SSSR count). The Morgan fingerprint density at radius 2 is 1.91 bits per heavy atom. The fourth-order valence-electron chi connectivity index (χ4n) is 3.20. The van der Waals surface area contributed by atoms with Crippen LogP contribution < -0.4 is 10.6 Å². The lowest BCUT2D eigenvalue weighted by Crippen LogP contribution is -2.33. The molecule has 7 nitrogen and oxygen atoms in total. The molecule has 1 aromatic heterocycles. The van der Waals surface area contributed by atoms with Crippen molar-refractivity contribution in [3.8, 4) is 0 Å². The zero-order chi connectivity index (χ0) is 24.1. The molecule has 10 heteroatoms. The van der Waals surface area contributed by atoms with Crippen LogP contribution in [0.25, 0.3) is 0 Å². The Morgan fingerprint density at radius 3 is 2.58 bits per heavy atom. The summed E-state index contributed by atoms with van der Waals surface area (Å²) < 4.78 is 2.76. The Balaban J connectivity index is 1.68. The molecule has 0 saturated heterocycles. The van der Waals surface area contributed by atoms with Gasteiger partial charge in [0.15, 0.2) is 11.0 Å². The van der Waals surface area contributed by atoms with Gasteiger partial charge >= 0.3 is 0 Å². The molecule has 174 valence electrons. The second kappa shape index (κ2) is 11.2. The number of aryl methyl sites for hydroxylation is 1. The summed E-state index contributed by atoms with van der Waals surface area (Å²) in [5.41, 5.74) is 2.14. The van der Waals surface area contributed by atoms with Crippen molar-refractivity contribution in [3.63, 3.8) is 0 Å². The number of thioether (sulfide) groups is 1. The molecule has 0 radical (unpaired) electrons. The van der Waals surface area contributed by atoms with Gasteiger partial charge in [-0.2, -0.15) is 0 Å². The van der Waals surface area contributed by atoms with Gasteiger partial charge in [-0.15, -0.1) is 10.2 Å². The molecule has 0 aliphatic heterocycles. The number of nitrogens with zero attached hydrogens (tertiary/aromatic N) is 3. The highest BCUT2D eigenvalue weighted by molar-refractivity contribution is 9.10. The first-order chi connectivity index (χ1) is 15.7. The number of hydrogen-bond acceptors (Lipinski definition) is 5. The van der Waals surface area contributed by atoms with Crippen LogP contribution in [0.1, 0.15) is 41.6 Å². The van der Waals surface area contributed by atoms with Gasteiger partial charge < -0.3 is 15.2 Å². The summed E-state index contributed by atoms with van der Waals surface area (Å²) in [4.78, 5) is 25.2. The zero-order valence-electron chi connectivity index (χ0n) is 18.7. The fourth-order valence-corrected chi connectivity index (χ4v) is 4.62. The summed E-state index contributed by atoms with van der Waals surface area (Å²) in [6.07, 6.45) is 0. The van der Waals surface area contributed by atoms with Crippen LogP contribution in [0.15, 0.2) is 52.1 Å². The van der Waals surface area contributed by atoms with E-state index in [1.807, 2.05) is 46.0 Å². The molecule has 0 aliphatic carbocycles. The first kappa shape index (κ1) is 25.3. The van der Waals surface area contributed by atoms with Crippen LogP contribution in [0.4, 0.5) is 5.69 Å². The number of benzene rings is 2. The van der Waals surface area contributed by atoms with E-state index < -0.39 is 0 Å². The second-order valence-corrected chi connectivity index (χ2v) is 10.1. The molecule has 1 heterocycles. The SMILES string of the molecule is Cc1cc(Br)ccc1NC(=O)CSc1nnc([C@H](NC(=O)c2ccccc2Cl)C(C)C)n1C. The number of aromatic nitrogens is 3. The van der Waals surface area contributed by atoms with E-state index in [-0.39, 0.29) is 29.5 Å². The van der Waals surface area contributed by atoms with Crippen molar-refractivity contribution in [2.24, 2.45) is 13.0 Å². The van der Waals surface area contributed by atoms with Crippen LogP contribution >= 0.6 is 39.3 Å². The number of amides is 2. The monoisotopic (exact) mass is 549 g/mol. The van der Waals surface area contributed by atoms with Gasteiger partial charge in [0.2, 0.25) is 5.91 Å². The molecule has 0 aliphatic rings. The van der Waals surface area contributed by atoms with Gasteiger partial charge in [0.1, 0.15) is 0 Å². The second-order valence-electron chi connectivity index (χ2n) is 7.87. The van der Waals surface area contributed by atoms with Crippen molar-refractivity contribution in [2.45, 2.75) is 32.0 Å². The minimum Gasteiger partial charge on any atom is -0.342 e. The van der Waals surface area contributed by atoms with Crippen LogP contribution in [0, 0.1) is 12.8 Å². The van der Waals surface area contributed by atoms with E-state index in [2.05, 4.69) is 36.8 Å². The standard InChI is InChI=1S/C23H25BrClN5O2S/c1-13(2)20(27-22(32)16-7-5-6-8-17(16)25)21-28-29-23(30(21)4)33-12-19(31)26-18-10-9-15(24)11-14(18)3/h5-11,13,20H,12H2,1-4H3,(H,26,31)(H,27,32)/t20-/m1/s1. The topological polar surface area (TPSA) is 88.9 Å². The summed E-state index contributed by atoms with van der Waals surface area (Å²) in [5, 5.41) is 15.4. The Bertz CT molecular complexity index is 1170. The number of anilines is 1. The summed E-state index contributed by atoms with van der Waals surface area (Å²) in [5.74, 6) is 0.431. The van der Waals surface area contributed by atoms with E-state index in [9.17, 15) is 9.59 Å². The largest absolute Gasteiger partial charge is 0.342 e. The van der Waals surface area contributed by atoms with E-state index in [1.54, 1.807) is 28.8 Å². The number of nitrogens with one attached hydrogen (secondary N) is 2. The maximum Gasteiger partial charge on any atom is 0.253 e. The molecule has 0 bridgehead atoms. The Labute approximate surface area is 210 Å². The minimum absolute atomic E-state index is 0.0564. The van der Waals surface area contributed by atoms with Crippen molar-refractivity contribution < 1.29 is 9.59 Å². The predicted molar refractivity (Wildman–Crippen MR) is 136 cm³/mol. The normalized spacial score (nSPS) is 12.0. The molecule has 2 N–H and O–H groups in total. The third kappa shape index (κ3) is 6.37. The van der Waals surface area contributed by atoms with Crippen molar-refractivity contribution in [1.82, 2.24) is 20.1 Å². The van der Waals surface area contributed by atoms with E-state index in [1.165, 1.54) is 11.8 Å². The highest BCUT2D eigenvalue weighted by atomic mass is 79.9. The van der Waals surface area contributed by atoms with E-state index in [0.717, 1.165) is 15.7 Å². The Morgan fingerprint density at radius 1 is 1.18 bits per heavy atom. The van der Waals surface area contributed by atoms with E-state index in [4.69, 9.17) is 11.6 Å². The van der Waals surface area contributed by atoms with Crippen LogP contribution in [0.3, 0.4) is 0 Å². The third-order valence-corrected chi connectivity index (χ3v) is 6.86. The van der Waals surface area contributed by atoms with Gasteiger partial charge in [0, 0.05) is 17.2 Å². The summed E-state index contributed by atoms with van der Waals surface area (Å²) in [6.45, 7) is 5.92. The molecule has 2 amide bonds. The Hall–Kier alpha value is -2.36. The molecule has 0 fully saturated rings. The van der Waals surface area contributed by atoms with Crippen molar-refractivity contribution in [2.75, 3.05) is 11.1 Å². The predicted octanol–water partition coefficient (Wildman–Crippen LogP) is 5.40. The average Bonchev–Trinajstić information content (AvgIpc) is 3.12. The first-order valence-electron chi connectivity index (χ1n) is 10.3. The summed E-state index contributed by atoms with van der Waals surface area (Å²) >= 11 is 10.9. The van der Waals surface area contributed by atoms with Gasteiger partial charge in [-0.1, -0.05) is 65.3 Å². The lowest BCUT2D eigenvalue weighted by atomic mass is 10.0. The van der Waals surface area contributed by atoms with Gasteiger partial charge in [-0.05, 0) is 48.7 Å². The maximum atomic E-state index is 12.8. The number of halogens is 2. The molecule has 3 aromatic rings. The molecule has 1 atom stereocenters. The smallest absolute Gasteiger partial charge is 0.253 e. The molecule has 0 saturated carbocycles. The first-order valence-corrected chi connectivity index (χ1v) is 12.5. The Kier molecular flexibility index (Phi) is 8.56. The lowest BCUT2D eigenvalue weighted by molar-refractivity contribution is -0.113. The number of carbonyl (C=O) groups is 2. The highest BCUT2D eigenvalue weighted by Crippen LogP contribution is 2.26. The highest BCUT2D eigenvalue weighted by Gasteiger charge is 2.26. The zero-order valence-corrected chi connectivity index (χ0v) is 21.9. The van der Waals surface area contributed by atoms with Crippen LogP contribution in [0.5, 0.6) is 0 Å².